The summed E-state index contributed by atoms with van der Waals surface area (Å²) in [5.74, 6) is -0.0295. The molecular formula is C18H37NO3. The minimum Gasteiger partial charge on any atom is -0.466 e. The number of carbonyl (C=O) groups excluding carboxylic acids is 1. The Balaban J connectivity index is 3.13. The van der Waals surface area contributed by atoms with Gasteiger partial charge in [0.25, 0.3) is 0 Å². The fourth-order valence-corrected chi connectivity index (χ4v) is 2.39. The molecule has 0 amide bonds. The summed E-state index contributed by atoms with van der Waals surface area (Å²) in [6.45, 7) is 4.68. The average Bonchev–Trinajstić information content (AvgIpc) is 2.52. The van der Waals surface area contributed by atoms with Crippen LogP contribution in [0.25, 0.3) is 0 Å². The highest BCUT2D eigenvalue weighted by molar-refractivity contribution is 5.69. The van der Waals surface area contributed by atoms with Crippen molar-refractivity contribution in [1.29, 1.82) is 0 Å². The molecule has 0 saturated carbocycles. The molecule has 0 radical (unpaired) electrons. The fraction of sp³-hybridized carbons (Fsp3) is 0.944. The molecule has 0 bridgehead atoms. The Kier molecular flexibility index (Phi) is 17.9. The van der Waals surface area contributed by atoms with Gasteiger partial charge >= 0.3 is 5.97 Å². The average molecular weight is 315 g/mol. The number of hydrogen-bond acceptors (Lipinski definition) is 4. The second kappa shape index (κ2) is 18.4. The summed E-state index contributed by atoms with van der Waals surface area (Å²) in [6, 6.07) is 0. The molecule has 0 aromatic heterocycles. The summed E-state index contributed by atoms with van der Waals surface area (Å²) in [5, 5.41) is 11.8. The summed E-state index contributed by atoms with van der Waals surface area (Å²) in [5.41, 5.74) is 0. The van der Waals surface area contributed by atoms with Gasteiger partial charge in [-0.15, -0.1) is 0 Å². The number of hydrogen-bond donors (Lipinski definition) is 2. The molecule has 0 fully saturated rings. The number of aliphatic hydroxyl groups excluding tert-OH is 1. The zero-order chi connectivity index (χ0) is 16.3. The molecule has 0 aromatic carbocycles. The molecule has 0 aliphatic carbocycles. The standard InChI is InChI=1S/C18H37NO3/c1-2-3-4-5-9-12-17-22-18(21)13-10-7-6-8-11-14-19-15-16-20/h19-20H,2-17H2,1H3. The SMILES string of the molecule is CCCCCCCCOC(=O)CCCCCCCNCCO. The van der Waals surface area contributed by atoms with Crippen LogP contribution in [0.1, 0.15) is 84.0 Å². The number of aliphatic hydroxyl groups is 1. The monoisotopic (exact) mass is 315 g/mol. The molecule has 0 aromatic rings. The van der Waals surface area contributed by atoms with Gasteiger partial charge in [-0.1, -0.05) is 58.3 Å². The van der Waals surface area contributed by atoms with E-state index < -0.39 is 0 Å². The summed E-state index contributed by atoms with van der Waals surface area (Å²) in [6.07, 6.45) is 13.5. The topological polar surface area (TPSA) is 58.6 Å². The van der Waals surface area contributed by atoms with E-state index >= 15 is 0 Å². The number of rotatable bonds is 17. The lowest BCUT2D eigenvalue weighted by atomic mass is 10.1. The Bertz CT molecular complexity index is 234. The molecule has 22 heavy (non-hydrogen) atoms. The van der Waals surface area contributed by atoms with E-state index in [4.69, 9.17) is 9.84 Å². The number of nitrogens with one attached hydrogen (secondary N) is 1. The van der Waals surface area contributed by atoms with E-state index in [0.29, 0.717) is 19.6 Å². The fourth-order valence-electron chi connectivity index (χ4n) is 2.39. The first-order valence-corrected chi connectivity index (χ1v) is 9.28. The molecular weight excluding hydrogens is 278 g/mol. The Morgan fingerprint density at radius 1 is 0.864 bits per heavy atom. The quantitative estimate of drug-likeness (QED) is 0.316. The van der Waals surface area contributed by atoms with Gasteiger partial charge in [-0.05, 0) is 25.8 Å². The van der Waals surface area contributed by atoms with Crippen LogP contribution in [-0.4, -0.2) is 37.4 Å². The largest absolute Gasteiger partial charge is 0.466 e. The van der Waals surface area contributed by atoms with Gasteiger partial charge in [-0.3, -0.25) is 4.79 Å². The predicted molar refractivity (Wildman–Crippen MR) is 92.0 cm³/mol. The smallest absolute Gasteiger partial charge is 0.305 e. The van der Waals surface area contributed by atoms with Gasteiger partial charge in [0.2, 0.25) is 0 Å². The van der Waals surface area contributed by atoms with Crippen LogP contribution in [0.5, 0.6) is 0 Å². The molecule has 0 aliphatic rings. The van der Waals surface area contributed by atoms with Gasteiger partial charge in [0.15, 0.2) is 0 Å². The van der Waals surface area contributed by atoms with Crippen molar-refractivity contribution in [3.05, 3.63) is 0 Å². The van der Waals surface area contributed by atoms with E-state index in [2.05, 4.69) is 12.2 Å². The first-order valence-electron chi connectivity index (χ1n) is 9.28. The number of unbranched alkanes of at least 4 members (excludes halogenated alkanes) is 9. The molecule has 4 heteroatoms. The maximum atomic E-state index is 11.5. The minimum atomic E-state index is -0.0295. The van der Waals surface area contributed by atoms with Crippen LogP contribution in [0.4, 0.5) is 0 Å². The predicted octanol–water partition coefficient (Wildman–Crippen LogP) is 3.81. The zero-order valence-corrected chi connectivity index (χ0v) is 14.6. The van der Waals surface area contributed by atoms with Crippen molar-refractivity contribution in [2.24, 2.45) is 0 Å². The van der Waals surface area contributed by atoms with Gasteiger partial charge in [-0.2, -0.15) is 0 Å². The van der Waals surface area contributed by atoms with Crippen molar-refractivity contribution in [3.63, 3.8) is 0 Å². The van der Waals surface area contributed by atoms with Gasteiger partial charge in [-0.25, -0.2) is 0 Å². The number of esters is 1. The van der Waals surface area contributed by atoms with E-state index in [-0.39, 0.29) is 12.6 Å². The highest BCUT2D eigenvalue weighted by Gasteiger charge is 2.02. The lowest BCUT2D eigenvalue weighted by Crippen LogP contribution is -2.19. The van der Waals surface area contributed by atoms with Crippen LogP contribution < -0.4 is 5.32 Å². The molecule has 132 valence electrons. The maximum Gasteiger partial charge on any atom is 0.305 e. The van der Waals surface area contributed by atoms with E-state index in [9.17, 15) is 4.79 Å². The minimum absolute atomic E-state index is 0.0295. The van der Waals surface area contributed by atoms with Crippen molar-refractivity contribution < 1.29 is 14.6 Å². The first kappa shape index (κ1) is 21.4. The maximum absolute atomic E-state index is 11.5. The Labute approximate surface area is 137 Å². The molecule has 0 heterocycles. The van der Waals surface area contributed by atoms with Crippen molar-refractivity contribution >= 4 is 5.97 Å². The zero-order valence-electron chi connectivity index (χ0n) is 14.6. The van der Waals surface area contributed by atoms with Crippen LogP contribution >= 0.6 is 0 Å². The Morgan fingerprint density at radius 3 is 2.23 bits per heavy atom. The van der Waals surface area contributed by atoms with Crippen molar-refractivity contribution in [2.75, 3.05) is 26.3 Å². The number of ether oxygens (including phenoxy) is 1. The van der Waals surface area contributed by atoms with Crippen molar-refractivity contribution in [3.8, 4) is 0 Å². The van der Waals surface area contributed by atoms with Crippen LogP contribution in [0.2, 0.25) is 0 Å². The van der Waals surface area contributed by atoms with E-state index in [1.54, 1.807) is 0 Å². The molecule has 0 saturated heterocycles. The second-order valence-corrected chi connectivity index (χ2v) is 5.98. The third kappa shape index (κ3) is 17.4. The second-order valence-electron chi connectivity index (χ2n) is 5.98. The molecule has 0 rings (SSSR count). The molecule has 0 unspecified atom stereocenters. The molecule has 0 atom stereocenters. The molecule has 4 nitrogen and oxygen atoms in total. The highest BCUT2D eigenvalue weighted by Crippen LogP contribution is 2.07. The van der Waals surface area contributed by atoms with Gasteiger partial charge in [0.1, 0.15) is 0 Å². The number of carbonyl (C=O) groups is 1. The van der Waals surface area contributed by atoms with Crippen molar-refractivity contribution in [2.45, 2.75) is 84.0 Å². The first-order chi connectivity index (χ1) is 10.8. The van der Waals surface area contributed by atoms with Gasteiger partial charge in [0, 0.05) is 13.0 Å². The lowest BCUT2D eigenvalue weighted by Gasteiger charge is -2.05. The summed E-state index contributed by atoms with van der Waals surface area (Å²) in [7, 11) is 0. The van der Waals surface area contributed by atoms with Crippen LogP contribution in [-0.2, 0) is 9.53 Å². The summed E-state index contributed by atoms with van der Waals surface area (Å²) in [4.78, 5) is 11.5. The Hall–Kier alpha value is -0.610. The van der Waals surface area contributed by atoms with E-state index in [1.165, 1.54) is 44.9 Å². The van der Waals surface area contributed by atoms with Crippen LogP contribution in [0.3, 0.4) is 0 Å². The third-order valence-corrected chi connectivity index (χ3v) is 3.78. The van der Waals surface area contributed by atoms with Crippen LogP contribution in [0.15, 0.2) is 0 Å². The summed E-state index contributed by atoms with van der Waals surface area (Å²) >= 11 is 0. The van der Waals surface area contributed by atoms with Crippen LogP contribution in [0, 0.1) is 0 Å². The molecule has 2 N–H and O–H groups in total. The summed E-state index contributed by atoms with van der Waals surface area (Å²) < 4.78 is 5.25. The Morgan fingerprint density at radius 2 is 1.50 bits per heavy atom. The van der Waals surface area contributed by atoms with Gasteiger partial charge in [0.05, 0.1) is 13.2 Å². The normalized spacial score (nSPS) is 10.8. The highest BCUT2D eigenvalue weighted by atomic mass is 16.5. The van der Waals surface area contributed by atoms with Gasteiger partial charge < -0.3 is 15.2 Å². The third-order valence-electron chi connectivity index (χ3n) is 3.78. The lowest BCUT2D eigenvalue weighted by molar-refractivity contribution is -0.143. The molecule has 0 aliphatic heterocycles. The van der Waals surface area contributed by atoms with E-state index in [1.807, 2.05) is 0 Å². The molecule has 0 spiro atoms. The van der Waals surface area contributed by atoms with Crippen molar-refractivity contribution in [1.82, 2.24) is 5.32 Å². The van der Waals surface area contributed by atoms with E-state index in [0.717, 1.165) is 32.2 Å².